The Morgan fingerprint density at radius 3 is 2.70 bits per heavy atom. The van der Waals surface area contributed by atoms with Gasteiger partial charge < -0.3 is 4.52 Å². The van der Waals surface area contributed by atoms with Gasteiger partial charge in [0, 0.05) is 17.1 Å². The third-order valence-electron chi connectivity index (χ3n) is 2.74. The summed E-state index contributed by atoms with van der Waals surface area (Å²) in [4.78, 5) is 0. The van der Waals surface area contributed by atoms with Crippen LogP contribution in [0.2, 0.25) is 5.02 Å². The van der Waals surface area contributed by atoms with Crippen LogP contribution in [0, 0.1) is 6.92 Å². The first-order valence-electron chi connectivity index (χ1n) is 6.04. The second kappa shape index (κ2) is 5.95. The molecule has 0 saturated heterocycles. The minimum absolute atomic E-state index is 0.247. The number of nitrogens with zero attached hydrogens (tertiary/aromatic N) is 1. The quantitative estimate of drug-likeness (QED) is 0.921. The molecule has 108 valence electrons. The molecule has 1 aromatic heterocycles. The zero-order chi connectivity index (χ0) is 14.8. The maximum Gasteiger partial charge on any atom is 0.219 e. The van der Waals surface area contributed by atoms with Crippen LogP contribution >= 0.6 is 11.6 Å². The van der Waals surface area contributed by atoms with Crippen molar-refractivity contribution in [3.8, 4) is 0 Å². The van der Waals surface area contributed by atoms with Crippen molar-refractivity contribution in [2.24, 2.45) is 0 Å². The topological polar surface area (TPSA) is 72.2 Å². The van der Waals surface area contributed by atoms with Gasteiger partial charge in [-0.3, -0.25) is 0 Å². The third-order valence-corrected chi connectivity index (χ3v) is 4.46. The minimum Gasteiger partial charge on any atom is -0.360 e. The van der Waals surface area contributed by atoms with Crippen LogP contribution in [0.3, 0.4) is 0 Å². The number of nitrogens with one attached hydrogen (secondary N) is 1. The number of sulfonamides is 1. The van der Waals surface area contributed by atoms with E-state index in [1.807, 2.05) is 6.07 Å². The zero-order valence-corrected chi connectivity index (χ0v) is 12.7. The Labute approximate surface area is 123 Å². The monoisotopic (exact) mass is 314 g/mol. The Balaban J connectivity index is 2.10. The van der Waals surface area contributed by atoms with E-state index in [0.29, 0.717) is 16.5 Å². The van der Waals surface area contributed by atoms with Crippen molar-refractivity contribution >= 4 is 21.6 Å². The van der Waals surface area contributed by atoms with Crippen LogP contribution < -0.4 is 4.72 Å². The third kappa shape index (κ3) is 3.82. The van der Waals surface area contributed by atoms with Gasteiger partial charge in [-0.1, -0.05) is 35.0 Å². The van der Waals surface area contributed by atoms with Gasteiger partial charge in [0.2, 0.25) is 10.0 Å². The smallest absolute Gasteiger partial charge is 0.219 e. The Morgan fingerprint density at radius 2 is 2.10 bits per heavy atom. The molecule has 0 saturated carbocycles. The highest BCUT2D eigenvalue weighted by molar-refractivity contribution is 7.88. The zero-order valence-electron chi connectivity index (χ0n) is 11.1. The molecular weight excluding hydrogens is 300 g/mol. The number of hydrogen-bond donors (Lipinski definition) is 1. The summed E-state index contributed by atoms with van der Waals surface area (Å²) in [6.07, 6.45) is 0. The number of aromatic nitrogens is 1. The van der Waals surface area contributed by atoms with Crippen LogP contribution in [0.4, 0.5) is 0 Å². The normalized spacial score (nSPS) is 13.3. The van der Waals surface area contributed by atoms with Crippen LogP contribution in [0.25, 0.3) is 0 Å². The Morgan fingerprint density at radius 1 is 1.40 bits per heavy atom. The van der Waals surface area contributed by atoms with Gasteiger partial charge in [-0.15, -0.1) is 0 Å². The van der Waals surface area contributed by atoms with E-state index in [-0.39, 0.29) is 5.75 Å². The molecule has 0 unspecified atom stereocenters. The summed E-state index contributed by atoms with van der Waals surface area (Å²) in [5, 5.41) is 4.19. The molecule has 1 atom stereocenters. The maximum absolute atomic E-state index is 12.1. The average Bonchev–Trinajstić information content (AvgIpc) is 2.73. The van der Waals surface area contributed by atoms with E-state index in [9.17, 15) is 8.42 Å². The molecule has 7 heteroatoms. The van der Waals surface area contributed by atoms with Gasteiger partial charge in [0.1, 0.15) is 5.75 Å². The summed E-state index contributed by atoms with van der Waals surface area (Å²) in [7, 11) is -3.53. The summed E-state index contributed by atoms with van der Waals surface area (Å²) < 4.78 is 31.6. The van der Waals surface area contributed by atoms with Gasteiger partial charge in [0.05, 0.1) is 5.69 Å². The molecule has 20 heavy (non-hydrogen) atoms. The van der Waals surface area contributed by atoms with Gasteiger partial charge >= 0.3 is 0 Å². The highest BCUT2D eigenvalue weighted by atomic mass is 35.5. The lowest BCUT2D eigenvalue weighted by molar-refractivity contribution is 0.388. The molecule has 0 radical (unpaired) electrons. The van der Waals surface area contributed by atoms with E-state index in [0.717, 1.165) is 5.56 Å². The second-order valence-corrected chi connectivity index (χ2v) is 6.72. The van der Waals surface area contributed by atoms with E-state index in [2.05, 4.69) is 9.88 Å². The summed E-state index contributed by atoms with van der Waals surface area (Å²) >= 11 is 6.05. The first-order chi connectivity index (χ1) is 9.37. The van der Waals surface area contributed by atoms with E-state index in [1.165, 1.54) is 0 Å². The van der Waals surface area contributed by atoms with Crippen LogP contribution in [-0.2, 0) is 15.8 Å². The van der Waals surface area contributed by atoms with Gasteiger partial charge in [-0.25, -0.2) is 13.1 Å². The fourth-order valence-electron chi connectivity index (χ4n) is 1.87. The van der Waals surface area contributed by atoms with Crippen LogP contribution in [0.5, 0.6) is 0 Å². The number of benzene rings is 1. The van der Waals surface area contributed by atoms with E-state index >= 15 is 0 Å². The molecule has 0 amide bonds. The lowest BCUT2D eigenvalue weighted by Crippen LogP contribution is -2.28. The predicted octanol–water partition coefficient (Wildman–Crippen LogP) is 2.82. The van der Waals surface area contributed by atoms with Crippen molar-refractivity contribution in [2.45, 2.75) is 25.6 Å². The maximum atomic E-state index is 12.1. The lowest BCUT2D eigenvalue weighted by atomic mass is 10.1. The van der Waals surface area contributed by atoms with Crippen molar-refractivity contribution in [1.82, 2.24) is 9.88 Å². The number of rotatable bonds is 5. The Hall–Kier alpha value is -1.37. The minimum atomic E-state index is -3.53. The highest BCUT2D eigenvalue weighted by Crippen LogP contribution is 2.23. The standard InChI is InChI=1S/C13H15ClN2O3S/c1-9-7-11(19-15-9)8-20(17,18)16-10(2)12-5-3-4-6-13(12)14/h3-7,10,16H,8H2,1-2H3/t10-/m1/s1. The second-order valence-electron chi connectivity index (χ2n) is 4.55. The molecule has 0 aliphatic rings. The largest absolute Gasteiger partial charge is 0.360 e. The summed E-state index contributed by atoms with van der Waals surface area (Å²) in [6, 6.07) is 8.29. The molecule has 0 aliphatic heterocycles. The molecule has 1 heterocycles. The van der Waals surface area contributed by atoms with Gasteiger partial charge in [-0.05, 0) is 25.5 Å². The molecule has 5 nitrogen and oxygen atoms in total. The molecule has 2 rings (SSSR count). The molecule has 0 spiro atoms. The molecule has 0 aliphatic carbocycles. The fraction of sp³-hybridized carbons (Fsp3) is 0.308. The SMILES string of the molecule is Cc1cc(CS(=O)(=O)N[C@H](C)c2ccccc2Cl)on1. The summed E-state index contributed by atoms with van der Waals surface area (Å²) in [6.45, 7) is 3.48. The molecule has 1 aromatic carbocycles. The van der Waals surface area contributed by atoms with Crippen LogP contribution in [-0.4, -0.2) is 13.6 Å². The molecular formula is C13H15ClN2O3S. The number of aryl methyl sites for hydroxylation is 1. The predicted molar refractivity (Wildman–Crippen MR) is 76.9 cm³/mol. The van der Waals surface area contributed by atoms with Crippen molar-refractivity contribution in [2.75, 3.05) is 0 Å². The fourth-order valence-corrected chi connectivity index (χ4v) is 3.43. The average molecular weight is 315 g/mol. The van der Waals surface area contributed by atoms with Crippen molar-refractivity contribution in [3.05, 3.63) is 52.4 Å². The van der Waals surface area contributed by atoms with Gasteiger partial charge in [0.15, 0.2) is 5.76 Å². The molecule has 2 aromatic rings. The summed E-state index contributed by atoms with van der Waals surface area (Å²) in [5.74, 6) is 0.0594. The lowest BCUT2D eigenvalue weighted by Gasteiger charge is -2.15. The summed E-state index contributed by atoms with van der Waals surface area (Å²) in [5.41, 5.74) is 1.38. The Kier molecular flexibility index (Phi) is 4.47. The van der Waals surface area contributed by atoms with Crippen molar-refractivity contribution < 1.29 is 12.9 Å². The first-order valence-corrected chi connectivity index (χ1v) is 8.07. The molecule has 0 fully saturated rings. The number of halogens is 1. The molecule has 1 N–H and O–H groups in total. The Bertz CT molecular complexity index is 697. The van der Waals surface area contributed by atoms with E-state index < -0.39 is 16.1 Å². The van der Waals surface area contributed by atoms with Crippen LogP contribution in [0.1, 0.15) is 30.0 Å². The van der Waals surface area contributed by atoms with E-state index in [4.69, 9.17) is 16.1 Å². The van der Waals surface area contributed by atoms with Crippen molar-refractivity contribution in [3.63, 3.8) is 0 Å². The highest BCUT2D eigenvalue weighted by Gasteiger charge is 2.20. The van der Waals surface area contributed by atoms with Crippen molar-refractivity contribution in [1.29, 1.82) is 0 Å². The number of hydrogen-bond acceptors (Lipinski definition) is 4. The first kappa shape index (κ1) is 15.0. The van der Waals surface area contributed by atoms with Gasteiger partial charge in [0.25, 0.3) is 0 Å². The van der Waals surface area contributed by atoms with Gasteiger partial charge in [-0.2, -0.15) is 0 Å². The molecule has 0 bridgehead atoms. The van der Waals surface area contributed by atoms with Crippen LogP contribution in [0.15, 0.2) is 34.9 Å². The van der Waals surface area contributed by atoms with E-state index in [1.54, 1.807) is 38.1 Å².